The van der Waals surface area contributed by atoms with E-state index in [4.69, 9.17) is 11.5 Å². The molecule has 1 aromatic carbocycles. The summed E-state index contributed by atoms with van der Waals surface area (Å²) in [5.74, 6) is 2.51. The van der Waals surface area contributed by atoms with Crippen molar-refractivity contribution in [2.75, 3.05) is 42.5 Å². The molecule has 5 rings (SSSR count). The molecule has 1 aromatic heterocycles. The molecule has 3 atom stereocenters. The Morgan fingerprint density at radius 3 is 2.19 bits per heavy atom. The number of nitrogens with two attached hydrogens (primary N) is 2. The SMILES string of the molecule is Nc1nc(N)n(-c2ccc(N3CCN([C@H]4CC5CCC4C5)CC3)cc2)n1. The molecule has 7 heteroatoms. The van der Waals surface area contributed by atoms with Gasteiger partial charge in [0.1, 0.15) is 0 Å². The second-order valence-electron chi connectivity index (χ2n) is 8.02. The van der Waals surface area contributed by atoms with Gasteiger partial charge < -0.3 is 16.4 Å². The molecule has 138 valence electrons. The Hall–Kier alpha value is -2.28. The van der Waals surface area contributed by atoms with Gasteiger partial charge >= 0.3 is 0 Å². The largest absolute Gasteiger partial charge is 0.369 e. The minimum Gasteiger partial charge on any atom is -0.369 e. The lowest BCUT2D eigenvalue weighted by Crippen LogP contribution is -2.51. The number of hydrogen-bond donors (Lipinski definition) is 2. The second kappa shape index (κ2) is 6.16. The van der Waals surface area contributed by atoms with Crippen LogP contribution in [-0.2, 0) is 0 Å². The Labute approximate surface area is 154 Å². The van der Waals surface area contributed by atoms with Crippen LogP contribution in [0.2, 0.25) is 0 Å². The van der Waals surface area contributed by atoms with Gasteiger partial charge in [-0.2, -0.15) is 9.67 Å². The summed E-state index contributed by atoms with van der Waals surface area (Å²) in [5, 5.41) is 4.13. The van der Waals surface area contributed by atoms with Crippen LogP contribution in [-0.4, -0.2) is 51.9 Å². The minimum absolute atomic E-state index is 0.198. The molecule has 26 heavy (non-hydrogen) atoms. The van der Waals surface area contributed by atoms with Gasteiger partial charge in [-0.15, -0.1) is 5.10 Å². The maximum absolute atomic E-state index is 5.85. The minimum atomic E-state index is 0.198. The van der Waals surface area contributed by atoms with Gasteiger partial charge in [0.25, 0.3) is 0 Å². The predicted octanol–water partition coefficient (Wildman–Crippen LogP) is 1.74. The fraction of sp³-hybridized carbons (Fsp3) is 0.579. The molecule has 0 radical (unpaired) electrons. The number of anilines is 3. The summed E-state index contributed by atoms with van der Waals surface area (Å²) < 4.78 is 1.58. The fourth-order valence-corrected chi connectivity index (χ4v) is 5.31. The Bertz CT molecular complexity index is 776. The van der Waals surface area contributed by atoms with Crippen molar-refractivity contribution < 1.29 is 0 Å². The lowest BCUT2D eigenvalue weighted by atomic mass is 9.93. The molecule has 3 aliphatic rings. The van der Waals surface area contributed by atoms with Crippen LogP contribution in [0.15, 0.2) is 24.3 Å². The summed E-state index contributed by atoms with van der Waals surface area (Å²) in [6.07, 6.45) is 5.88. The number of piperazine rings is 1. The van der Waals surface area contributed by atoms with Crippen molar-refractivity contribution in [3.8, 4) is 5.69 Å². The van der Waals surface area contributed by atoms with Gasteiger partial charge in [-0.25, -0.2) is 0 Å². The molecule has 2 aliphatic carbocycles. The van der Waals surface area contributed by atoms with E-state index in [1.807, 2.05) is 12.1 Å². The molecular weight excluding hydrogens is 326 g/mol. The zero-order valence-electron chi connectivity index (χ0n) is 15.1. The van der Waals surface area contributed by atoms with Crippen molar-refractivity contribution in [2.45, 2.75) is 31.7 Å². The number of aromatic nitrogens is 3. The van der Waals surface area contributed by atoms with E-state index in [-0.39, 0.29) is 5.95 Å². The standard InChI is InChI=1S/C19H27N7/c20-18-22-19(21)26(23-18)16-5-3-15(4-6-16)24-7-9-25(10-8-24)17-12-13-1-2-14(17)11-13/h3-6,13-14,17H,1-2,7-12H2,(H4,20,21,22,23)/t13?,14?,17-/m0/s1. The van der Waals surface area contributed by atoms with E-state index in [0.717, 1.165) is 36.7 Å². The van der Waals surface area contributed by atoms with Crippen LogP contribution in [0.4, 0.5) is 17.6 Å². The molecular formula is C19H27N7. The Kier molecular flexibility index (Phi) is 3.77. The molecule has 0 spiro atoms. The zero-order chi connectivity index (χ0) is 17.7. The molecule has 2 aromatic rings. The second-order valence-corrected chi connectivity index (χ2v) is 8.02. The summed E-state index contributed by atoms with van der Waals surface area (Å²) >= 11 is 0. The van der Waals surface area contributed by atoms with Crippen LogP contribution in [0, 0.1) is 11.8 Å². The van der Waals surface area contributed by atoms with E-state index >= 15 is 0 Å². The normalized spacial score (nSPS) is 28.8. The van der Waals surface area contributed by atoms with Crippen LogP contribution in [0.5, 0.6) is 0 Å². The first-order valence-electron chi connectivity index (χ1n) is 9.75. The van der Waals surface area contributed by atoms with E-state index in [1.165, 1.54) is 44.5 Å². The maximum atomic E-state index is 5.85. The summed E-state index contributed by atoms with van der Waals surface area (Å²) in [6.45, 7) is 4.57. The molecule has 2 saturated carbocycles. The van der Waals surface area contributed by atoms with Crippen molar-refractivity contribution in [3.63, 3.8) is 0 Å². The number of fused-ring (bicyclic) bond motifs is 2. The van der Waals surface area contributed by atoms with Gasteiger partial charge in [-0.3, -0.25) is 4.90 Å². The third kappa shape index (κ3) is 2.70. The first-order chi connectivity index (χ1) is 12.7. The van der Waals surface area contributed by atoms with E-state index in [2.05, 4.69) is 32.0 Å². The van der Waals surface area contributed by atoms with Crippen LogP contribution in [0.25, 0.3) is 5.69 Å². The van der Waals surface area contributed by atoms with Gasteiger partial charge in [0.2, 0.25) is 11.9 Å². The van der Waals surface area contributed by atoms with Gasteiger partial charge in [0.15, 0.2) is 0 Å². The van der Waals surface area contributed by atoms with Gasteiger partial charge in [0, 0.05) is 37.9 Å². The van der Waals surface area contributed by atoms with Crippen molar-refractivity contribution >= 4 is 17.6 Å². The highest BCUT2D eigenvalue weighted by molar-refractivity contribution is 5.52. The monoisotopic (exact) mass is 353 g/mol. The maximum Gasteiger partial charge on any atom is 0.241 e. The van der Waals surface area contributed by atoms with E-state index < -0.39 is 0 Å². The molecule has 2 heterocycles. The highest BCUT2D eigenvalue weighted by atomic mass is 15.4. The molecule has 0 amide bonds. The third-order valence-corrected chi connectivity index (χ3v) is 6.59. The fourth-order valence-electron chi connectivity index (χ4n) is 5.31. The molecule has 1 aliphatic heterocycles. The number of hydrogen-bond acceptors (Lipinski definition) is 6. The topological polar surface area (TPSA) is 89.2 Å². The van der Waals surface area contributed by atoms with E-state index in [9.17, 15) is 0 Å². The van der Waals surface area contributed by atoms with Crippen molar-refractivity contribution in [1.82, 2.24) is 19.7 Å². The summed E-state index contributed by atoms with van der Waals surface area (Å²) in [7, 11) is 0. The Balaban J connectivity index is 1.23. The smallest absolute Gasteiger partial charge is 0.241 e. The average molecular weight is 353 g/mol. The molecule has 3 fully saturated rings. The number of rotatable bonds is 3. The Morgan fingerprint density at radius 1 is 0.885 bits per heavy atom. The summed E-state index contributed by atoms with van der Waals surface area (Å²) in [6, 6.07) is 9.20. The average Bonchev–Trinajstić information content (AvgIpc) is 3.38. The molecule has 4 N–H and O–H groups in total. The highest BCUT2D eigenvalue weighted by Crippen LogP contribution is 2.46. The number of nitrogen functional groups attached to an aromatic ring is 2. The third-order valence-electron chi connectivity index (χ3n) is 6.59. The molecule has 2 bridgehead atoms. The lowest BCUT2D eigenvalue weighted by molar-refractivity contribution is 0.135. The molecule has 7 nitrogen and oxygen atoms in total. The van der Waals surface area contributed by atoms with Crippen molar-refractivity contribution in [2.24, 2.45) is 11.8 Å². The lowest BCUT2D eigenvalue weighted by Gasteiger charge is -2.41. The molecule has 1 saturated heterocycles. The number of nitrogens with zero attached hydrogens (tertiary/aromatic N) is 5. The van der Waals surface area contributed by atoms with Crippen LogP contribution in [0.1, 0.15) is 25.7 Å². The van der Waals surface area contributed by atoms with Crippen molar-refractivity contribution in [1.29, 1.82) is 0 Å². The quantitative estimate of drug-likeness (QED) is 0.874. The van der Waals surface area contributed by atoms with Crippen molar-refractivity contribution in [3.05, 3.63) is 24.3 Å². The highest BCUT2D eigenvalue weighted by Gasteiger charge is 2.42. The van der Waals surface area contributed by atoms with E-state index in [0.29, 0.717) is 5.95 Å². The zero-order valence-corrected chi connectivity index (χ0v) is 15.1. The first-order valence-corrected chi connectivity index (χ1v) is 9.75. The van der Waals surface area contributed by atoms with Gasteiger partial charge in [0.05, 0.1) is 5.69 Å². The van der Waals surface area contributed by atoms with Crippen LogP contribution >= 0.6 is 0 Å². The van der Waals surface area contributed by atoms with Crippen LogP contribution < -0.4 is 16.4 Å². The first kappa shape index (κ1) is 15.9. The predicted molar refractivity (Wildman–Crippen MR) is 103 cm³/mol. The molecule has 2 unspecified atom stereocenters. The van der Waals surface area contributed by atoms with Crippen LogP contribution in [0.3, 0.4) is 0 Å². The Morgan fingerprint density at radius 2 is 1.62 bits per heavy atom. The van der Waals surface area contributed by atoms with E-state index in [1.54, 1.807) is 4.68 Å². The summed E-state index contributed by atoms with van der Waals surface area (Å²) in [5.41, 5.74) is 13.6. The van der Waals surface area contributed by atoms with Gasteiger partial charge in [-0.05, 0) is 55.4 Å². The van der Waals surface area contributed by atoms with Gasteiger partial charge in [-0.1, -0.05) is 6.42 Å². The summed E-state index contributed by atoms with van der Waals surface area (Å²) in [4.78, 5) is 9.19. The number of benzene rings is 1.